The van der Waals surface area contributed by atoms with Crippen molar-refractivity contribution in [1.29, 1.82) is 0 Å². The normalized spacial score (nSPS) is 13.9. The maximum atomic E-state index is 14.6. The van der Waals surface area contributed by atoms with Crippen LogP contribution in [0.5, 0.6) is 0 Å². The van der Waals surface area contributed by atoms with Gasteiger partial charge in [0.25, 0.3) is 0 Å². The van der Waals surface area contributed by atoms with Crippen LogP contribution in [0.25, 0.3) is 67.5 Å². The molecule has 0 fully saturated rings. The summed E-state index contributed by atoms with van der Waals surface area (Å²) in [6, 6.07) is 66.9. The average Bonchev–Trinajstić information content (AvgIpc) is 3.40. The maximum absolute atomic E-state index is 14.6. The van der Waals surface area contributed by atoms with Crippen molar-refractivity contribution in [2.75, 3.05) is 0 Å². The third-order valence-corrected chi connectivity index (χ3v) is 13.4. The Morgan fingerprint density at radius 3 is 1.36 bits per heavy atom. The standard InChI is InChI=1S/C52H33N3O2S/c56-58(57)47-28-13-11-26-44(47)52(45-27-12-14-29-48(45)58)43-25-10-9-24-41(43)39-22-7-8-23-40(39)42-31-30-38(33-46(42)52)51-54-49(35-18-5-2-6-19-35)53-50(55-51)37-21-15-20-36(32-37)34-16-3-1-4-17-34/h1-33H. The van der Waals surface area contributed by atoms with E-state index in [0.717, 1.165) is 61.2 Å². The molecule has 2 heterocycles. The van der Waals surface area contributed by atoms with E-state index in [4.69, 9.17) is 15.0 Å². The molecule has 6 heteroatoms. The molecule has 274 valence electrons. The minimum Gasteiger partial charge on any atom is -0.218 e. The summed E-state index contributed by atoms with van der Waals surface area (Å²) in [5.74, 6) is 1.63. The lowest BCUT2D eigenvalue weighted by Crippen LogP contribution is -2.38. The van der Waals surface area contributed by atoms with Crippen molar-refractivity contribution in [3.8, 4) is 67.5 Å². The third-order valence-electron chi connectivity index (χ3n) is 11.6. The van der Waals surface area contributed by atoms with Gasteiger partial charge in [-0.25, -0.2) is 23.4 Å². The van der Waals surface area contributed by atoms with Gasteiger partial charge >= 0.3 is 0 Å². The lowest BCUT2D eigenvalue weighted by Gasteiger charge is -2.42. The summed E-state index contributed by atoms with van der Waals surface area (Å²) in [7, 11) is -3.85. The number of nitrogens with zero attached hydrogens (tertiary/aromatic N) is 3. The number of sulfone groups is 1. The molecule has 0 unspecified atom stereocenters. The van der Waals surface area contributed by atoms with E-state index in [0.29, 0.717) is 38.4 Å². The Morgan fingerprint density at radius 1 is 0.310 bits per heavy atom. The van der Waals surface area contributed by atoms with Crippen LogP contribution in [0.1, 0.15) is 22.3 Å². The summed E-state index contributed by atoms with van der Waals surface area (Å²) in [4.78, 5) is 16.1. The average molecular weight is 764 g/mol. The fourth-order valence-electron chi connectivity index (χ4n) is 9.06. The molecule has 0 saturated carbocycles. The van der Waals surface area contributed by atoms with Crippen molar-refractivity contribution in [2.45, 2.75) is 15.2 Å². The van der Waals surface area contributed by atoms with E-state index >= 15 is 0 Å². The van der Waals surface area contributed by atoms with Gasteiger partial charge in [-0.15, -0.1) is 0 Å². The van der Waals surface area contributed by atoms with E-state index in [1.807, 2.05) is 97.1 Å². The van der Waals surface area contributed by atoms with E-state index in [9.17, 15) is 8.42 Å². The first kappa shape index (κ1) is 34.0. The first-order valence-electron chi connectivity index (χ1n) is 19.3. The lowest BCUT2D eigenvalue weighted by molar-refractivity contribution is 0.579. The second-order valence-electron chi connectivity index (χ2n) is 14.7. The van der Waals surface area contributed by atoms with Crippen LogP contribution in [0.15, 0.2) is 210 Å². The van der Waals surface area contributed by atoms with Gasteiger partial charge in [0.15, 0.2) is 17.5 Å². The molecule has 5 nitrogen and oxygen atoms in total. The third kappa shape index (κ3) is 5.08. The van der Waals surface area contributed by atoms with Crippen molar-refractivity contribution in [1.82, 2.24) is 15.0 Å². The van der Waals surface area contributed by atoms with E-state index in [1.165, 1.54) is 0 Å². The zero-order chi connectivity index (χ0) is 38.8. The Balaban J connectivity index is 1.23. The molecule has 1 aromatic heterocycles. The Kier molecular flexibility index (Phi) is 7.71. The zero-order valence-corrected chi connectivity index (χ0v) is 31.9. The molecule has 58 heavy (non-hydrogen) atoms. The van der Waals surface area contributed by atoms with Crippen molar-refractivity contribution in [3.05, 3.63) is 222 Å². The molecule has 9 aromatic rings. The van der Waals surface area contributed by atoms with Gasteiger partial charge in [0.2, 0.25) is 9.84 Å². The van der Waals surface area contributed by atoms with Crippen LogP contribution in [0.3, 0.4) is 0 Å². The van der Waals surface area contributed by atoms with E-state index in [-0.39, 0.29) is 0 Å². The molecule has 0 amide bonds. The van der Waals surface area contributed by atoms with Gasteiger partial charge in [-0.05, 0) is 79.9 Å². The molecule has 2 aliphatic rings. The van der Waals surface area contributed by atoms with Gasteiger partial charge in [0.05, 0.1) is 15.2 Å². The van der Waals surface area contributed by atoms with Crippen molar-refractivity contribution >= 4 is 9.84 Å². The number of fused-ring (bicyclic) bond motifs is 11. The highest BCUT2D eigenvalue weighted by Gasteiger charge is 2.51. The highest BCUT2D eigenvalue weighted by Crippen LogP contribution is 2.59. The minimum atomic E-state index is -3.85. The van der Waals surface area contributed by atoms with Gasteiger partial charge in [0, 0.05) is 16.7 Å². The number of aromatic nitrogens is 3. The molecule has 0 radical (unpaired) electrons. The summed E-state index contributed by atoms with van der Waals surface area (Å²) in [6.07, 6.45) is 0. The molecule has 0 atom stereocenters. The maximum Gasteiger partial charge on any atom is 0.207 e. The van der Waals surface area contributed by atoms with Crippen molar-refractivity contribution in [2.24, 2.45) is 0 Å². The lowest BCUT2D eigenvalue weighted by atomic mass is 9.63. The molecule has 1 aliphatic carbocycles. The van der Waals surface area contributed by atoms with Crippen LogP contribution in [-0.2, 0) is 15.3 Å². The summed E-state index contributed by atoms with van der Waals surface area (Å²) in [6.45, 7) is 0. The molecular formula is C52H33N3O2S. The Labute approximate surface area is 337 Å². The van der Waals surface area contributed by atoms with Gasteiger partial charge in [-0.3, -0.25) is 0 Å². The first-order valence-corrected chi connectivity index (χ1v) is 20.8. The van der Waals surface area contributed by atoms with Crippen molar-refractivity contribution in [3.63, 3.8) is 0 Å². The van der Waals surface area contributed by atoms with Crippen LogP contribution >= 0.6 is 0 Å². The molecule has 1 spiro atoms. The van der Waals surface area contributed by atoms with E-state index in [2.05, 4.69) is 91.0 Å². The van der Waals surface area contributed by atoms with Gasteiger partial charge in [-0.1, -0.05) is 176 Å². The zero-order valence-electron chi connectivity index (χ0n) is 31.1. The highest BCUT2D eigenvalue weighted by atomic mass is 32.2. The van der Waals surface area contributed by atoms with Crippen LogP contribution < -0.4 is 0 Å². The number of benzene rings is 8. The Morgan fingerprint density at radius 2 is 0.741 bits per heavy atom. The van der Waals surface area contributed by atoms with Crippen molar-refractivity contribution < 1.29 is 8.42 Å². The first-order chi connectivity index (χ1) is 28.5. The van der Waals surface area contributed by atoms with Gasteiger partial charge < -0.3 is 0 Å². The number of hydrogen-bond donors (Lipinski definition) is 0. The van der Waals surface area contributed by atoms with Crippen LogP contribution in [-0.4, -0.2) is 23.4 Å². The Bertz CT molecular complexity index is 3150. The fourth-order valence-corrected chi connectivity index (χ4v) is 10.8. The predicted octanol–water partition coefficient (Wildman–Crippen LogP) is 11.7. The quantitative estimate of drug-likeness (QED) is 0.178. The fraction of sp³-hybridized carbons (Fsp3) is 0.0192. The SMILES string of the molecule is O=S1(=O)c2ccccc2C2(c3ccccc3-c3ccccc3-c3ccc(-c4nc(-c5ccccc5)nc(-c5cccc(-c6ccccc6)c5)n4)cc32)c2ccccc21. The summed E-state index contributed by atoms with van der Waals surface area (Å²) < 4.78 is 29.1. The molecular weight excluding hydrogens is 731 g/mol. The van der Waals surface area contributed by atoms with Gasteiger partial charge in [-0.2, -0.15) is 0 Å². The summed E-state index contributed by atoms with van der Waals surface area (Å²) in [5, 5.41) is 0. The second kappa shape index (κ2) is 13.2. The minimum absolute atomic E-state index is 0.304. The highest BCUT2D eigenvalue weighted by molar-refractivity contribution is 7.91. The molecule has 0 saturated heterocycles. The number of hydrogen-bond acceptors (Lipinski definition) is 5. The topological polar surface area (TPSA) is 72.8 Å². The van der Waals surface area contributed by atoms with Gasteiger partial charge in [0.1, 0.15) is 0 Å². The molecule has 8 aromatic carbocycles. The molecule has 1 aliphatic heterocycles. The second-order valence-corrected chi connectivity index (χ2v) is 16.6. The van der Waals surface area contributed by atoms with E-state index in [1.54, 1.807) is 12.1 Å². The smallest absolute Gasteiger partial charge is 0.207 e. The van der Waals surface area contributed by atoms with E-state index < -0.39 is 15.3 Å². The molecule has 0 N–H and O–H groups in total. The number of rotatable bonds is 4. The van der Waals surface area contributed by atoms with Crippen LogP contribution in [0.4, 0.5) is 0 Å². The van der Waals surface area contributed by atoms with Crippen LogP contribution in [0, 0.1) is 0 Å². The monoisotopic (exact) mass is 763 g/mol. The largest absolute Gasteiger partial charge is 0.218 e. The summed E-state index contributed by atoms with van der Waals surface area (Å²) in [5.41, 5.74) is 11.3. The summed E-state index contributed by atoms with van der Waals surface area (Å²) >= 11 is 0. The molecule has 11 rings (SSSR count). The van der Waals surface area contributed by atoms with Crippen LogP contribution in [0.2, 0.25) is 0 Å². The predicted molar refractivity (Wildman–Crippen MR) is 230 cm³/mol. The Hall–Kier alpha value is -7.28. The molecule has 0 bridgehead atoms.